The van der Waals surface area contributed by atoms with Gasteiger partial charge in [0.25, 0.3) is 0 Å². The smallest absolute Gasteiger partial charge is 0.0466 e. The molecular weight excluding hydrogens is 244 g/mol. The van der Waals surface area contributed by atoms with E-state index in [-0.39, 0.29) is 0 Å². The molecule has 0 aliphatic rings. The van der Waals surface area contributed by atoms with E-state index < -0.39 is 0 Å². The van der Waals surface area contributed by atoms with Gasteiger partial charge in [-0.3, -0.25) is 0 Å². The first kappa shape index (κ1) is 13.0. The molecule has 0 aliphatic heterocycles. The van der Waals surface area contributed by atoms with Crippen molar-refractivity contribution in [3.63, 3.8) is 0 Å². The van der Waals surface area contributed by atoms with E-state index in [1.54, 1.807) is 0 Å². The second-order valence-corrected chi connectivity index (χ2v) is 6.11. The molecule has 1 unspecified atom stereocenters. The third-order valence-corrected chi connectivity index (χ3v) is 3.74. The molecule has 1 aromatic heterocycles. The van der Waals surface area contributed by atoms with Crippen molar-refractivity contribution in [1.29, 1.82) is 0 Å². The zero-order chi connectivity index (χ0) is 14.1. The van der Waals surface area contributed by atoms with Gasteiger partial charge in [-0.25, -0.2) is 0 Å². The number of rotatable bonds is 4. The number of aromatic nitrogens is 1. The minimum absolute atomic E-state index is 0.498. The highest BCUT2D eigenvalue weighted by molar-refractivity contribution is 6.08. The van der Waals surface area contributed by atoms with Gasteiger partial charge < -0.3 is 10.3 Å². The van der Waals surface area contributed by atoms with Crippen molar-refractivity contribution in [3.8, 4) is 0 Å². The predicted molar refractivity (Wildman–Crippen MR) is 88.3 cm³/mol. The van der Waals surface area contributed by atoms with Crippen molar-refractivity contribution >= 4 is 27.5 Å². The molecule has 1 atom stereocenters. The van der Waals surface area contributed by atoms with Crippen molar-refractivity contribution in [1.82, 2.24) is 4.98 Å². The summed E-state index contributed by atoms with van der Waals surface area (Å²) in [7, 11) is 0. The molecule has 1 heterocycles. The van der Waals surface area contributed by atoms with Crippen LogP contribution in [0.3, 0.4) is 0 Å². The normalized spacial score (nSPS) is 13.2. The Bertz CT molecular complexity index is 724. The van der Waals surface area contributed by atoms with E-state index in [1.807, 2.05) is 0 Å². The maximum Gasteiger partial charge on any atom is 0.0466 e. The van der Waals surface area contributed by atoms with Crippen LogP contribution in [0, 0.1) is 5.92 Å². The Morgan fingerprint density at radius 1 is 0.950 bits per heavy atom. The highest BCUT2D eigenvalue weighted by Crippen LogP contribution is 2.28. The molecule has 2 aromatic carbocycles. The number of hydrogen-bond donors (Lipinski definition) is 2. The number of benzene rings is 2. The number of H-pyrrole nitrogens is 1. The number of fused-ring (bicyclic) bond motifs is 3. The quantitative estimate of drug-likeness (QED) is 0.670. The van der Waals surface area contributed by atoms with Gasteiger partial charge in [0, 0.05) is 33.5 Å². The molecule has 0 bridgehead atoms. The monoisotopic (exact) mass is 266 g/mol. The van der Waals surface area contributed by atoms with Crippen molar-refractivity contribution in [2.75, 3.05) is 5.32 Å². The van der Waals surface area contributed by atoms with Crippen LogP contribution in [0.4, 0.5) is 5.69 Å². The fraction of sp³-hybridized carbons (Fsp3) is 0.333. The number of nitrogens with one attached hydrogen (secondary N) is 2. The van der Waals surface area contributed by atoms with Crippen molar-refractivity contribution < 1.29 is 0 Å². The molecule has 2 heteroatoms. The maximum atomic E-state index is 3.61. The fourth-order valence-electron chi connectivity index (χ4n) is 2.99. The molecule has 0 fully saturated rings. The lowest BCUT2D eigenvalue weighted by Gasteiger charge is -2.17. The summed E-state index contributed by atoms with van der Waals surface area (Å²) in [6.07, 6.45) is 1.19. The lowest BCUT2D eigenvalue weighted by atomic mass is 10.0. The maximum absolute atomic E-state index is 3.61. The highest BCUT2D eigenvalue weighted by Gasteiger charge is 2.07. The van der Waals surface area contributed by atoms with Crippen LogP contribution in [0.5, 0.6) is 0 Å². The molecular formula is C18H22N2. The molecule has 0 spiro atoms. The molecule has 0 saturated carbocycles. The summed E-state index contributed by atoms with van der Waals surface area (Å²) in [6, 6.07) is 15.6. The Labute approximate surface area is 120 Å². The van der Waals surface area contributed by atoms with E-state index in [1.165, 1.54) is 33.9 Å². The molecule has 0 amide bonds. The lowest BCUT2D eigenvalue weighted by molar-refractivity contribution is 0.540. The third-order valence-electron chi connectivity index (χ3n) is 3.74. The standard InChI is InChI=1S/C18H22N2/c1-12(2)10-13(3)19-14-8-9-18-16(11-14)15-6-4-5-7-17(15)20-18/h4-9,11-13,19-20H,10H2,1-3H3. The first-order chi connectivity index (χ1) is 9.63. The molecule has 2 N–H and O–H groups in total. The van der Waals surface area contributed by atoms with Crippen LogP contribution in [-0.4, -0.2) is 11.0 Å². The highest BCUT2D eigenvalue weighted by atomic mass is 14.9. The van der Waals surface area contributed by atoms with Gasteiger partial charge in [-0.1, -0.05) is 32.0 Å². The summed E-state index contributed by atoms with van der Waals surface area (Å²) in [4.78, 5) is 3.46. The molecule has 20 heavy (non-hydrogen) atoms. The van der Waals surface area contributed by atoms with Gasteiger partial charge >= 0.3 is 0 Å². The Kier molecular flexibility index (Phi) is 3.39. The van der Waals surface area contributed by atoms with Gasteiger partial charge in [0.2, 0.25) is 0 Å². The average Bonchev–Trinajstić information content (AvgIpc) is 2.76. The summed E-state index contributed by atoms with van der Waals surface area (Å²) < 4.78 is 0. The predicted octanol–water partition coefficient (Wildman–Crippen LogP) is 5.17. The molecule has 3 aromatic rings. The Hall–Kier alpha value is -1.96. The zero-order valence-corrected chi connectivity index (χ0v) is 12.4. The first-order valence-corrected chi connectivity index (χ1v) is 7.40. The molecule has 104 valence electrons. The molecule has 0 aliphatic carbocycles. The first-order valence-electron chi connectivity index (χ1n) is 7.40. The minimum atomic E-state index is 0.498. The van der Waals surface area contributed by atoms with E-state index >= 15 is 0 Å². The summed E-state index contributed by atoms with van der Waals surface area (Å²) in [5.41, 5.74) is 3.61. The summed E-state index contributed by atoms with van der Waals surface area (Å²) >= 11 is 0. The van der Waals surface area contributed by atoms with Crippen molar-refractivity contribution in [2.24, 2.45) is 5.92 Å². The lowest BCUT2D eigenvalue weighted by Crippen LogP contribution is -2.17. The van der Waals surface area contributed by atoms with Gasteiger partial charge in [-0.05, 0) is 43.5 Å². The number of anilines is 1. The third kappa shape index (κ3) is 2.51. The largest absolute Gasteiger partial charge is 0.383 e. The van der Waals surface area contributed by atoms with E-state index in [9.17, 15) is 0 Å². The minimum Gasteiger partial charge on any atom is -0.383 e. The van der Waals surface area contributed by atoms with Crippen LogP contribution in [0.2, 0.25) is 0 Å². The number of para-hydroxylation sites is 1. The van der Waals surface area contributed by atoms with Gasteiger partial charge in [0.1, 0.15) is 0 Å². The van der Waals surface area contributed by atoms with Gasteiger partial charge in [0.15, 0.2) is 0 Å². The van der Waals surface area contributed by atoms with Crippen LogP contribution in [-0.2, 0) is 0 Å². The van der Waals surface area contributed by atoms with Crippen LogP contribution in [0.15, 0.2) is 42.5 Å². The Morgan fingerprint density at radius 2 is 1.70 bits per heavy atom. The topological polar surface area (TPSA) is 27.8 Å². The number of aromatic amines is 1. The van der Waals surface area contributed by atoms with Crippen LogP contribution in [0.25, 0.3) is 21.8 Å². The van der Waals surface area contributed by atoms with Crippen molar-refractivity contribution in [2.45, 2.75) is 33.2 Å². The van der Waals surface area contributed by atoms with Gasteiger partial charge in [-0.2, -0.15) is 0 Å². The average molecular weight is 266 g/mol. The second-order valence-electron chi connectivity index (χ2n) is 6.11. The van der Waals surface area contributed by atoms with E-state index in [0.29, 0.717) is 12.0 Å². The van der Waals surface area contributed by atoms with E-state index in [0.717, 1.165) is 0 Å². The van der Waals surface area contributed by atoms with E-state index in [4.69, 9.17) is 0 Å². The fourth-order valence-corrected chi connectivity index (χ4v) is 2.99. The van der Waals surface area contributed by atoms with Crippen LogP contribution in [0.1, 0.15) is 27.2 Å². The van der Waals surface area contributed by atoms with E-state index in [2.05, 4.69) is 73.5 Å². The molecule has 0 saturated heterocycles. The number of hydrogen-bond acceptors (Lipinski definition) is 1. The molecule has 3 rings (SSSR count). The van der Waals surface area contributed by atoms with Crippen molar-refractivity contribution in [3.05, 3.63) is 42.5 Å². The SMILES string of the molecule is CC(C)CC(C)Nc1ccc2[nH]c3ccccc3c2c1. The Morgan fingerprint density at radius 3 is 2.50 bits per heavy atom. The van der Waals surface area contributed by atoms with Gasteiger partial charge in [-0.15, -0.1) is 0 Å². The van der Waals surface area contributed by atoms with Crippen LogP contribution < -0.4 is 5.32 Å². The summed E-state index contributed by atoms with van der Waals surface area (Å²) in [5.74, 6) is 0.717. The van der Waals surface area contributed by atoms with Gasteiger partial charge in [0.05, 0.1) is 0 Å². The second kappa shape index (κ2) is 5.20. The Balaban J connectivity index is 1.95. The molecule has 0 radical (unpaired) electrons. The van der Waals surface area contributed by atoms with Crippen LogP contribution >= 0.6 is 0 Å². The zero-order valence-electron chi connectivity index (χ0n) is 12.4. The summed E-state index contributed by atoms with van der Waals surface area (Å²) in [5, 5.41) is 6.19. The summed E-state index contributed by atoms with van der Waals surface area (Å²) in [6.45, 7) is 6.78. The molecule has 2 nitrogen and oxygen atoms in total.